The first-order valence-corrected chi connectivity index (χ1v) is 10.6. The second kappa shape index (κ2) is 6.44. The smallest absolute Gasteiger partial charge is 0.248 e. The van der Waals surface area contributed by atoms with Crippen molar-refractivity contribution in [2.24, 2.45) is 5.92 Å². The van der Waals surface area contributed by atoms with Gasteiger partial charge in [0.25, 0.3) is 0 Å². The molecule has 1 saturated heterocycles. The first-order valence-electron chi connectivity index (χ1n) is 8.52. The molecule has 3 heterocycles. The number of aromatic amines is 1. The van der Waals surface area contributed by atoms with Crippen LogP contribution in [0, 0.1) is 9.87 Å². The van der Waals surface area contributed by atoms with Crippen molar-refractivity contribution >= 4 is 52.8 Å². The van der Waals surface area contributed by atoms with Crippen molar-refractivity contribution in [2.75, 3.05) is 4.90 Å². The molecule has 5 rings (SSSR count). The summed E-state index contributed by atoms with van der Waals surface area (Å²) < 4.78 is 0.674. The zero-order valence-electron chi connectivity index (χ0n) is 14.0. The Hall–Kier alpha value is -2.22. The Labute approximate surface area is 169 Å². The van der Waals surface area contributed by atoms with Crippen molar-refractivity contribution < 1.29 is 9.59 Å². The highest BCUT2D eigenvalue weighted by Crippen LogP contribution is 2.53. The first kappa shape index (κ1) is 16.9. The van der Waals surface area contributed by atoms with Crippen LogP contribution in [0.4, 0.5) is 5.69 Å². The molecule has 2 aliphatic rings. The van der Waals surface area contributed by atoms with Crippen molar-refractivity contribution in [3.63, 3.8) is 0 Å². The number of imide groups is 1. The molecule has 7 heteroatoms. The minimum absolute atomic E-state index is 0.137. The number of rotatable bonds is 2. The van der Waals surface area contributed by atoms with Crippen LogP contribution in [0.15, 0.2) is 65.7 Å². The van der Waals surface area contributed by atoms with Crippen molar-refractivity contribution in [1.82, 2.24) is 4.98 Å². The second-order valence-electron chi connectivity index (χ2n) is 6.51. The van der Waals surface area contributed by atoms with E-state index >= 15 is 0 Å². The summed E-state index contributed by atoms with van der Waals surface area (Å²) in [6.45, 7) is 0. The van der Waals surface area contributed by atoms with Crippen LogP contribution in [-0.2, 0) is 9.59 Å². The number of aromatic nitrogens is 1. The van der Waals surface area contributed by atoms with Gasteiger partial charge in [0.15, 0.2) is 3.95 Å². The second-order valence-corrected chi connectivity index (χ2v) is 9.38. The van der Waals surface area contributed by atoms with Crippen molar-refractivity contribution in [2.45, 2.75) is 16.2 Å². The summed E-state index contributed by atoms with van der Waals surface area (Å²) in [5, 5.41) is 0.465. The molecule has 3 aromatic rings. The summed E-state index contributed by atoms with van der Waals surface area (Å²) in [5.74, 6) is -0.893. The predicted octanol–water partition coefficient (Wildman–Crippen LogP) is 4.60. The molecule has 1 N–H and O–H groups in total. The number of hydrogen-bond acceptors (Lipinski definition) is 5. The fraction of sp³-hybridized carbons (Fsp3) is 0.150. The molecule has 2 aromatic carbocycles. The van der Waals surface area contributed by atoms with E-state index < -0.39 is 11.2 Å². The summed E-state index contributed by atoms with van der Waals surface area (Å²) in [6, 6.07) is 19.1. The van der Waals surface area contributed by atoms with E-state index in [-0.39, 0.29) is 17.7 Å². The Morgan fingerprint density at radius 3 is 2.30 bits per heavy atom. The van der Waals surface area contributed by atoms with Gasteiger partial charge in [0.05, 0.1) is 16.6 Å². The van der Waals surface area contributed by atoms with E-state index in [0.717, 1.165) is 15.5 Å². The number of H-pyrrole nitrogens is 1. The van der Waals surface area contributed by atoms with Crippen LogP contribution < -0.4 is 4.90 Å². The third kappa shape index (κ3) is 2.61. The molecule has 0 aliphatic carbocycles. The van der Waals surface area contributed by atoms with Crippen molar-refractivity contribution in [3.8, 4) is 0 Å². The minimum Gasteiger partial charge on any atom is -0.332 e. The van der Waals surface area contributed by atoms with Gasteiger partial charge in [0.1, 0.15) is 5.25 Å². The van der Waals surface area contributed by atoms with Gasteiger partial charge in [-0.2, -0.15) is 0 Å². The average Bonchev–Trinajstić information content (AvgIpc) is 3.18. The number of benzene rings is 2. The third-order valence-electron chi connectivity index (χ3n) is 5.00. The zero-order valence-corrected chi connectivity index (χ0v) is 16.4. The molecular formula is C20H14N2O2S3. The molecular weight excluding hydrogens is 396 g/mol. The largest absolute Gasteiger partial charge is 0.332 e. The number of nitrogens with one attached hydrogen (secondary N) is 1. The van der Waals surface area contributed by atoms with Gasteiger partial charge in [0, 0.05) is 10.8 Å². The van der Waals surface area contributed by atoms with Gasteiger partial charge in [-0.05, 0) is 29.9 Å². The lowest BCUT2D eigenvalue weighted by molar-refractivity contribution is -0.122. The number of fused-ring (bicyclic) bond motifs is 2. The van der Waals surface area contributed by atoms with E-state index in [1.807, 2.05) is 48.5 Å². The van der Waals surface area contributed by atoms with Gasteiger partial charge in [0.2, 0.25) is 11.8 Å². The third-order valence-corrected chi connectivity index (χ3v) is 7.75. The lowest BCUT2D eigenvalue weighted by Crippen LogP contribution is -2.32. The van der Waals surface area contributed by atoms with Gasteiger partial charge in [-0.25, -0.2) is 4.90 Å². The van der Waals surface area contributed by atoms with E-state index in [1.165, 1.54) is 28.0 Å². The highest BCUT2D eigenvalue weighted by Gasteiger charge is 2.56. The van der Waals surface area contributed by atoms with E-state index in [4.69, 9.17) is 12.2 Å². The highest BCUT2D eigenvalue weighted by molar-refractivity contribution is 8.01. The summed E-state index contributed by atoms with van der Waals surface area (Å²) in [7, 11) is 0. The summed E-state index contributed by atoms with van der Waals surface area (Å²) in [5.41, 5.74) is 1.67. The maximum absolute atomic E-state index is 13.4. The van der Waals surface area contributed by atoms with E-state index in [2.05, 4.69) is 4.98 Å². The molecule has 0 bridgehead atoms. The molecule has 27 heavy (non-hydrogen) atoms. The number of carbonyl (C=O) groups excluding carboxylic acids is 2. The van der Waals surface area contributed by atoms with Crippen LogP contribution in [0.25, 0.3) is 0 Å². The molecule has 0 radical (unpaired) electrons. The molecule has 4 nitrogen and oxygen atoms in total. The molecule has 0 unspecified atom stereocenters. The Bertz CT molecular complexity index is 1090. The van der Waals surface area contributed by atoms with Gasteiger partial charge in [-0.15, -0.1) is 11.3 Å². The maximum Gasteiger partial charge on any atom is 0.248 e. The molecule has 134 valence electrons. The molecule has 2 amide bonds. The number of carbonyl (C=O) groups is 2. The predicted molar refractivity (Wildman–Crippen MR) is 110 cm³/mol. The maximum atomic E-state index is 13.4. The van der Waals surface area contributed by atoms with Crippen molar-refractivity contribution in [1.29, 1.82) is 0 Å². The number of para-hydroxylation sites is 1. The molecule has 3 atom stereocenters. The van der Waals surface area contributed by atoms with Crippen LogP contribution in [0.1, 0.15) is 16.4 Å². The monoisotopic (exact) mass is 410 g/mol. The summed E-state index contributed by atoms with van der Waals surface area (Å²) in [6.07, 6.45) is 0. The SMILES string of the molecule is O=C1[C@@H]2[C@H](c3ccccc3)c3sc(=S)[nH]c3S[C@@H]2C(=O)N1c1ccccc1. The van der Waals surface area contributed by atoms with Crippen LogP contribution in [0.3, 0.4) is 0 Å². The fourth-order valence-corrected chi connectivity index (χ4v) is 6.83. The van der Waals surface area contributed by atoms with E-state index in [0.29, 0.717) is 9.64 Å². The summed E-state index contributed by atoms with van der Waals surface area (Å²) in [4.78, 5) is 32.2. The molecule has 2 aliphatic heterocycles. The zero-order chi connectivity index (χ0) is 18.5. The lowest BCUT2D eigenvalue weighted by atomic mass is 9.83. The number of amides is 2. The number of hydrogen-bond donors (Lipinski definition) is 1. The van der Waals surface area contributed by atoms with Crippen LogP contribution in [0.2, 0.25) is 0 Å². The Morgan fingerprint density at radius 1 is 0.926 bits per heavy atom. The van der Waals surface area contributed by atoms with Crippen LogP contribution in [0.5, 0.6) is 0 Å². The Kier molecular flexibility index (Phi) is 4.03. The normalized spacial score (nSPS) is 24.0. The Morgan fingerprint density at radius 2 is 1.59 bits per heavy atom. The number of nitrogens with zero attached hydrogens (tertiary/aromatic N) is 1. The minimum atomic E-state index is -0.448. The van der Waals surface area contributed by atoms with Gasteiger partial charge >= 0.3 is 0 Å². The van der Waals surface area contributed by atoms with Gasteiger partial charge in [-0.3, -0.25) is 9.59 Å². The molecule has 1 fully saturated rings. The lowest BCUT2D eigenvalue weighted by Gasteiger charge is -2.29. The summed E-state index contributed by atoms with van der Waals surface area (Å²) >= 11 is 8.28. The number of anilines is 1. The van der Waals surface area contributed by atoms with Crippen LogP contribution >= 0.6 is 35.3 Å². The molecule has 0 saturated carbocycles. The van der Waals surface area contributed by atoms with Gasteiger partial charge < -0.3 is 4.98 Å². The standard InChI is InChI=1S/C20H14N2O2S3/c23-18-14-13(11-7-3-1-4-8-11)15-17(21-20(25)27-15)26-16(14)19(24)22(18)12-9-5-2-6-10-12/h1-10,13-14,16H,(H,21,25)/t13-,14+,16-/m0/s1. The number of thiazole rings is 1. The molecule has 0 spiro atoms. The van der Waals surface area contributed by atoms with Crippen molar-refractivity contribution in [3.05, 3.63) is 75.1 Å². The van der Waals surface area contributed by atoms with E-state index in [9.17, 15) is 9.59 Å². The fourth-order valence-electron chi connectivity index (χ4n) is 3.87. The Balaban J connectivity index is 1.67. The highest BCUT2D eigenvalue weighted by atomic mass is 32.2. The van der Waals surface area contributed by atoms with E-state index in [1.54, 1.807) is 12.1 Å². The molecule has 1 aromatic heterocycles. The van der Waals surface area contributed by atoms with Crippen LogP contribution in [-0.4, -0.2) is 22.0 Å². The average molecular weight is 411 g/mol. The quantitative estimate of drug-likeness (QED) is 0.495. The first-order chi connectivity index (χ1) is 13.1. The van der Waals surface area contributed by atoms with Gasteiger partial charge in [-0.1, -0.05) is 60.3 Å². The topological polar surface area (TPSA) is 53.2 Å². The number of thioether (sulfide) groups is 1.